The Bertz CT molecular complexity index is 1630. The van der Waals surface area contributed by atoms with Crippen LogP contribution in [0.15, 0.2) is 42.5 Å². The van der Waals surface area contributed by atoms with E-state index in [4.69, 9.17) is 18.9 Å². The Hall–Kier alpha value is -2.61. The lowest BCUT2D eigenvalue weighted by atomic mass is 9.38. The fourth-order valence-electron chi connectivity index (χ4n) is 12.0. The molecule has 2 heterocycles. The highest BCUT2D eigenvalue weighted by Crippen LogP contribution is 2.90. The van der Waals surface area contributed by atoms with Gasteiger partial charge >= 0.3 is 6.16 Å². The maximum absolute atomic E-state index is 13.1. The molecule has 10 rings (SSSR count). The molecule has 9 unspecified atom stereocenters. The van der Waals surface area contributed by atoms with Crippen LogP contribution in [0.25, 0.3) is 0 Å². The van der Waals surface area contributed by atoms with E-state index >= 15 is 0 Å². The highest BCUT2D eigenvalue weighted by atomic mass is 16.7. The zero-order valence-electron chi connectivity index (χ0n) is 29.5. The molecule has 8 aliphatic rings. The lowest BCUT2D eigenvalue weighted by Gasteiger charge is -2.69. The second kappa shape index (κ2) is 10.2. The topological polar surface area (TPSA) is 77.2 Å². The van der Waals surface area contributed by atoms with Gasteiger partial charge in [-0.25, -0.2) is 4.79 Å². The van der Waals surface area contributed by atoms with Crippen molar-refractivity contribution in [2.45, 2.75) is 133 Å². The van der Waals surface area contributed by atoms with E-state index in [2.05, 4.69) is 62.1 Å². The Morgan fingerprint density at radius 3 is 2.52 bits per heavy atom. The van der Waals surface area contributed by atoms with E-state index in [1.165, 1.54) is 29.5 Å². The maximum atomic E-state index is 13.1. The van der Waals surface area contributed by atoms with E-state index in [1.54, 1.807) is 0 Å². The van der Waals surface area contributed by atoms with Crippen LogP contribution < -0.4 is 9.47 Å². The van der Waals surface area contributed by atoms with E-state index in [0.29, 0.717) is 24.1 Å². The van der Waals surface area contributed by atoms with Crippen molar-refractivity contribution >= 4 is 6.16 Å². The summed E-state index contributed by atoms with van der Waals surface area (Å²) in [6.07, 6.45) is 10.8. The normalized spacial score (nSPS) is 38.6. The predicted octanol–water partition coefficient (Wildman–Crippen LogP) is 7.69. The van der Waals surface area contributed by atoms with Gasteiger partial charge < -0.3 is 24.1 Å². The van der Waals surface area contributed by atoms with Crippen LogP contribution in [0, 0.1) is 22.7 Å². The summed E-state index contributed by atoms with van der Waals surface area (Å²) in [6.45, 7) is 9.98. The van der Waals surface area contributed by atoms with Gasteiger partial charge in [0.1, 0.15) is 11.7 Å². The summed E-state index contributed by atoms with van der Waals surface area (Å²) in [5.41, 5.74) is 1.87. The molecule has 3 spiro atoms. The number of nitrogens with zero attached hydrogens (tertiary/aromatic N) is 1. The molecule has 2 aromatic carbocycles. The van der Waals surface area contributed by atoms with Crippen LogP contribution in [0.5, 0.6) is 11.5 Å². The van der Waals surface area contributed by atoms with Crippen molar-refractivity contribution in [3.05, 3.63) is 59.2 Å². The van der Waals surface area contributed by atoms with Crippen LogP contribution in [-0.2, 0) is 26.8 Å². The summed E-state index contributed by atoms with van der Waals surface area (Å²) in [7, 11) is 1.82. The molecule has 0 aromatic heterocycles. The molecule has 6 fully saturated rings. The first-order chi connectivity index (χ1) is 23.0. The largest absolute Gasteiger partial charge is 0.513 e. The van der Waals surface area contributed by atoms with Gasteiger partial charge in [0, 0.05) is 42.0 Å². The van der Waals surface area contributed by atoms with Crippen molar-refractivity contribution in [2.24, 2.45) is 22.7 Å². The van der Waals surface area contributed by atoms with Gasteiger partial charge in [-0.2, -0.15) is 0 Å². The van der Waals surface area contributed by atoms with Crippen LogP contribution in [0.1, 0.15) is 109 Å². The van der Waals surface area contributed by atoms with E-state index in [0.717, 1.165) is 70.3 Å². The quantitative estimate of drug-likeness (QED) is 0.109. The van der Waals surface area contributed by atoms with E-state index in [9.17, 15) is 9.90 Å². The fraction of sp³-hybridized carbons (Fsp3) is 0.683. The summed E-state index contributed by atoms with van der Waals surface area (Å²) in [4.78, 5) is 15.9. The number of fused-ring (bicyclic) bond motifs is 2. The number of rotatable bonds is 12. The van der Waals surface area contributed by atoms with Crippen LogP contribution in [0.4, 0.5) is 4.79 Å². The first-order valence-electron chi connectivity index (χ1n) is 18.7. The van der Waals surface area contributed by atoms with E-state index in [-0.39, 0.29) is 33.8 Å². The number of aliphatic hydroxyl groups is 1. The highest BCUT2D eigenvalue weighted by molar-refractivity contribution is 5.75. The smallest absolute Gasteiger partial charge is 0.482 e. The summed E-state index contributed by atoms with van der Waals surface area (Å²) in [6, 6.07) is 15.2. The number of carbonyl (C=O) groups excluding carboxylic acids is 1. The number of piperidine rings is 1. The second-order valence-corrected chi connectivity index (χ2v) is 17.7. The Balaban J connectivity index is 0.979. The molecule has 6 aliphatic carbocycles. The average Bonchev–Trinajstić information content (AvgIpc) is 3.90. The molecule has 7 heteroatoms. The first kappa shape index (κ1) is 31.4. The molecule has 5 saturated carbocycles. The molecule has 2 aliphatic heterocycles. The standard InChI is InChI=1S/C41H53NO6/c1-36(2,3)37(4,44)30-23-38-20-21-41(30,45-5)34-39(38)25-40(33(38)42(40)24-27-16-17-27)28-18-19-29(32(48-34)31(28)39)47-35(43)46-22-12-7-6-9-13-26-14-10-8-11-15-26/h8,10-11,14-15,18-19,27,30,33-34,44H,6-7,9,12-13,16-17,20-25H2,1-5H3. The maximum Gasteiger partial charge on any atom is 0.513 e. The van der Waals surface area contributed by atoms with Crippen molar-refractivity contribution in [1.29, 1.82) is 0 Å². The van der Waals surface area contributed by atoms with Crippen molar-refractivity contribution in [3.8, 4) is 11.5 Å². The minimum absolute atomic E-state index is 0.00929. The van der Waals surface area contributed by atoms with Gasteiger partial charge in [-0.3, -0.25) is 4.90 Å². The number of unbranched alkanes of at least 4 members (excludes halogenated alkanes) is 3. The van der Waals surface area contributed by atoms with Crippen LogP contribution >= 0.6 is 0 Å². The minimum atomic E-state index is -0.963. The molecule has 1 N–H and O–H groups in total. The molecule has 0 amide bonds. The van der Waals surface area contributed by atoms with Crippen LogP contribution in [0.3, 0.4) is 0 Å². The third-order valence-electron chi connectivity index (χ3n) is 14.8. The predicted molar refractivity (Wildman–Crippen MR) is 182 cm³/mol. The summed E-state index contributed by atoms with van der Waals surface area (Å²) >= 11 is 0. The van der Waals surface area contributed by atoms with Crippen molar-refractivity contribution in [1.82, 2.24) is 4.90 Å². The van der Waals surface area contributed by atoms with E-state index < -0.39 is 17.4 Å². The number of aryl methyl sites for hydroxylation is 1. The summed E-state index contributed by atoms with van der Waals surface area (Å²) < 4.78 is 25.4. The van der Waals surface area contributed by atoms with Crippen molar-refractivity contribution in [3.63, 3.8) is 0 Å². The third-order valence-corrected chi connectivity index (χ3v) is 14.8. The average molecular weight is 656 g/mol. The Labute approximate surface area is 285 Å². The minimum Gasteiger partial charge on any atom is -0.482 e. The van der Waals surface area contributed by atoms with E-state index in [1.807, 2.05) is 20.1 Å². The zero-order chi connectivity index (χ0) is 33.3. The van der Waals surface area contributed by atoms with Gasteiger partial charge in [0.15, 0.2) is 11.5 Å². The monoisotopic (exact) mass is 655 g/mol. The summed E-state index contributed by atoms with van der Waals surface area (Å²) in [5, 5.41) is 12.4. The van der Waals surface area contributed by atoms with Crippen molar-refractivity contribution in [2.75, 3.05) is 20.3 Å². The molecule has 48 heavy (non-hydrogen) atoms. The summed E-state index contributed by atoms with van der Waals surface area (Å²) in [5.74, 6) is 1.89. The molecule has 0 radical (unpaired) electrons. The second-order valence-electron chi connectivity index (χ2n) is 17.7. The van der Waals surface area contributed by atoms with Gasteiger partial charge in [-0.15, -0.1) is 0 Å². The van der Waals surface area contributed by atoms with Gasteiger partial charge in [0.25, 0.3) is 0 Å². The Morgan fingerprint density at radius 1 is 1.02 bits per heavy atom. The van der Waals surface area contributed by atoms with Gasteiger partial charge in [-0.1, -0.05) is 70.0 Å². The lowest BCUT2D eigenvalue weighted by molar-refractivity contribution is -0.290. The van der Waals surface area contributed by atoms with Crippen molar-refractivity contribution < 1.29 is 28.8 Å². The highest BCUT2D eigenvalue weighted by Gasteiger charge is 2.95. The number of benzene rings is 2. The molecular weight excluding hydrogens is 602 g/mol. The molecule has 2 aromatic rings. The number of methoxy groups -OCH3 is 1. The SMILES string of the molecule is COC12CCC3(CC1C(C)(O)C(C)(C)C)C1N(CC4CC4)C14CC31c3c4ccc(OC(=O)OCCCCCCc4ccccc4)c3OC21. The zero-order valence-corrected chi connectivity index (χ0v) is 29.5. The van der Waals surface area contributed by atoms with Gasteiger partial charge in [0.05, 0.1) is 17.7 Å². The Morgan fingerprint density at radius 2 is 1.79 bits per heavy atom. The fourth-order valence-corrected chi connectivity index (χ4v) is 12.0. The number of hydrogen-bond donors (Lipinski definition) is 1. The lowest BCUT2D eigenvalue weighted by Crippen LogP contribution is -2.77. The number of hydrogen-bond acceptors (Lipinski definition) is 7. The number of likely N-dealkylation sites (tertiary alicyclic amines) is 1. The van der Waals surface area contributed by atoms with Crippen LogP contribution in [-0.4, -0.2) is 59.8 Å². The molecule has 9 atom stereocenters. The molecule has 258 valence electrons. The number of ether oxygens (including phenoxy) is 4. The molecule has 1 saturated heterocycles. The van der Waals surface area contributed by atoms with Crippen LogP contribution in [0.2, 0.25) is 0 Å². The van der Waals surface area contributed by atoms with Gasteiger partial charge in [-0.05, 0) is 93.2 Å². The molecular formula is C41H53NO6. The molecule has 7 nitrogen and oxygen atoms in total. The third kappa shape index (κ3) is 3.85. The first-order valence-corrected chi connectivity index (χ1v) is 18.7. The number of carbonyl (C=O) groups is 1. The molecule has 4 bridgehead atoms. The Kier molecular flexibility index (Phi) is 6.69. The van der Waals surface area contributed by atoms with Gasteiger partial charge in [0.2, 0.25) is 0 Å².